The summed E-state index contributed by atoms with van der Waals surface area (Å²) >= 11 is 0. The molecule has 0 fully saturated rings. The first-order valence-corrected chi connectivity index (χ1v) is 9.26. The van der Waals surface area contributed by atoms with Crippen molar-refractivity contribution in [1.29, 1.82) is 5.26 Å². The number of primary amides is 1. The average Bonchev–Trinajstić information content (AvgIpc) is 2.67. The van der Waals surface area contributed by atoms with E-state index in [2.05, 4.69) is 26.3 Å². The van der Waals surface area contributed by atoms with Crippen molar-refractivity contribution in [3.8, 4) is 6.07 Å². The number of likely N-dealkylation sites (N-methyl/N-ethyl adjacent to an activating group) is 1. The van der Waals surface area contributed by atoms with Crippen LogP contribution in [0.2, 0.25) is 0 Å². The number of nitrogens with two attached hydrogens (primary N) is 1. The lowest BCUT2D eigenvalue weighted by molar-refractivity contribution is -0.123. The highest BCUT2D eigenvalue weighted by atomic mass is 16.1. The molecule has 1 aromatic carbocycles. The monoisotopic (exact) mass is 390 g/mol. The fourth-order valence-electron chi connectivity index (χ4n) is 3.62. The van der Waals surface area contributed by atoms with Crippen LogP contribution in [0.1, 0.15) is 19.4 Å². The normalized spacial score (nSPS) is 12.6. The number of nitrogens with zero attached hydrogens (tertiary/aromatic N) is 5. The van der Waals surface area contributed by atoms with Crippen LogP contribution in [0.5, 0.6) is 0 Å². The number of fused-ring (bicyclic) bond motifs is 1. The number of pyridine rings is 1. The zero-order valence-corrected chi connectivity index (χ0v) is 16.9. The van der Waals surface area contributed by atoms with E-state index in [1.54, 1.807) is 6.20 Å². The maximum Gasteiger partial charge on any atom is 0.331 e. The Morgan fingerprint density at radius 1 is 1.24 bits per heavy atom. The van der Waals surface area contributed by atoms with Gasteiger partial charge in [-0.2, -0.15) is 15.2 Å². The summed E-state index contributed by atoms with van der Waals surface area (Å²) in [5, 5.41) is 13.7. The molecule has 8 heteroatoms. The van der Waals surface area contributed by atoms with Gasteiger partial charge < -0.3 is 11.1 Å². The Bertz CT molecular complexity index is 1100. The summed E-state index contributed by atoms with van der Waals surface area (Å²) < 4.78 is 0.0761. The summed E-state index contributed by atoms with van der Waals surface area (Å²) in [5.41, 5.74) is 7.52. The molecule has 3 N–H and O–H groups in total. The van der Waals surface area contributed by atoms with Gasteiger partial charge in [-0.3, -0.25) is 14.3 Å². The fourth-order valence-corrected chi connectivity index (χ4v) is 3.62. The molecule has 3 rings (SSSR count). The van der Waals surface area contributed by atoms with Crippen LogP contribution in [0.3, 0.4) is 0 Å². The molecule has 0 aliphatic heterocycles. The fraction of sp³-hybridized carbons (Fsp3) is 0.286. The molecule has 0 saturated carbocycles. The van der Waals surface area contributed by atoms with Crippen LogP contribution in [0, 0.1) is 17.2 Å². The second-order valence-electron chi connectivity index (χ2n) is 7.71. The Kier molecular flexibility index (Phi) is 5.43. The Morgan fingerprint density at radius 2 is 2.00 bits per heavy atom. The second kappa shape index (κ2) is 7.81. The molecule has 148 valence electrons. The number of rotatable bonds is 6. The number of hydrogen-bond acceptors (Lipinski definition) is 6. The molecule has 1 amide bonds. The largest absolute Gasteiger partial charge is 0.364 e. The van der Waals surface area contributed by atoms with Gasteiger partial charge in [0.2, 0.25) is 0 Å². The van der Waals surface area contributed by atoms with E-state index in [1.165, 1.54) is 6.20 Å². The van der Waals surface area contributed by atoms with E-state index in [9.17, 15) is 10.1 Å². The Labute approximate surface area is 169 Å². The molecule has 0 radical (unpaired) electrons. The van der Waals surface area contributed by atoms with E-state index in [1.807, 2.05) is 58.3 Å². The number of nitriles is 1. The SMILES string of the molecule is CC(C)C(C(N)=O)[N+](C)(C)c1ncc(C#N)c(Nc2ccc3cccnc3c2)n1. The van der Waals surface area contributed by atoms with Gasteiger partial charge in [0.25, 0.3) is 5.91 Å². The lowest BCUT2D eigenvalue weighted by atomic mass is 10.0. The quantitative estimate of drug-likeness (QED) is 0.625. The van der Waals surface area contributed by atoms with Crippen LogP contribution >= 0.6 is 0 Å². The van der Waals surface area contributed by atoms with Crippen molar-refractivity contribution >= 4 is 34.3 Å². The summed E-state index contributed by atoms with van der Waals surface area (Å²) in [7, 11) is 3.67. The van der Waals surface area contributed by atoms with Gasteiger partial charge in [0.05, 0.1) is 25.8 Å². The van der Waals surface area contributed by atoms with E-state index in [0.717, 1.165) is 16.6 Å². The molecule has 3 aromatic rings. The third-order valence-corrected chi connectivity index (χ3v) is 4.90. The van der Waals surface area contributed by atoms with Gasteiger partial charge in [-0.25, -0.2) is 0 Å². The zero-order valence-electron chi connectivity index (χ0n) is 16.9. The van der Waals surface area contributed by atoms with Gasteiger partial charge in [0.1, 0.15) is 11.6 Å². The van der Waals surface area contributed by atoms with Gasteiger partial charge in [-0.1, -0.05) is 26.0 Å². The summed E-state index contributed by atoms with van der Waals surface area (Å²) in [5.74, 6) is 0.326. The molecule has 1 atom stereocenters. The van der Waals surface area contributed by atoms with Gasteiger partial charge in [-0.15, -0.1) is 0 Å². The van der Waals surface area contributed by atoms with Crippen molar-refractivity contribution in [2.75, 3.05) is 19.4 Å². The molecule has 0 aliphatic carbocycles. The molecule has 1 unspecified atom stereocenters. The Morgan fingerprint density at radius 3 is 2.66 bits per heavy atom. The van der Waals surface area contributed by atoms with Gasteiger partial charge >= 0.3 is 5.95 Å². The van der Waals surface area contributed by atoms with Crippen LogP contribution in [0.4, 0.5) is 17.5 Å². The van der Waals surface area contributed by atoms with Crippen LogP contribution in [-0.4, -0.2) is 41.0 Å². The number of carbonyl (C=O) groups is 1. The molecule has 0 aliphatic rings. The molecule has 0 spiro atoms. The number of aromatic nitrogens is 3. The molecule has 2 aromatic heterocycles. The van der Waals surface area contributed by atoms with Gasteiger partial charge in [0, 0.05) is 23.2 Å². The van der Waals surface area contributed by atoms with Crippen LogP contribution in [0.25, 0.3) is 10.9 Å². The van der Waals surface area contributed by atoms with Crippen LogP contribution in [0.15, 0.2) is 42.7 Å². The molecule has 29 heavy (non-hydrogen) atoms. The third-order valence-electron chi connectivity index (χ3n) is 4.90. The molecule has 2 heterocycles. The number of anilines is 2. The highest BCUT2D eigenvalue weighted by molar-refractivity contribution is 5.83. The predicted molar refractivity (Wildman–Crippen MR) is 113 cm³/mol. The maximum absolute atomic E-state index is 12.1. The van der Waals surface area contributed by atoms with Crippen molar-refractivity contribution in [1.82, 2.24) is 19.4 Å². The van der Waals surface area contributed by atoms with E-state index in [-0.39, 0.29) is 10.4 Å². The van der Waals surface area contributed by atoms with E-state index in [4.69, 9.17) is 5.73 Å². The lowest BCUT2D eigenvalue weighted by Gasteiger charge is -2.35. The second-order valence-corrected chi connectivity index (χ2v) is 7.71. The summed E-state index contributed by atoms with van der Waals surface area (Å²) in [6, 6.07) is 11.2. The summed E-state index contributed by atoms with van der Waals surface area (Å²) in [6.07, 6.45) is 3.19. The minimum absolute atomic E-state index is 0.00952. The molecular formula is C21H24N7O+. The number of amides is 1. The van der Waals surface area contributed by atoms with Crippen molar-refractivity contribution in [3.05, 3.63) is 48.3 Å². The minimum atomic E-state index is -0.513. The highest BCUT2D eigenvalue weighted by Gasteiger charge is 2.40. The maximum atomic E-state index is 12.1. The van der Waals surface area contributed by atoms with Crippen molar-refractivity contribution in [3.63, 3.8) is 0 Å². The number of benzene rings is 1. The first-order chi connectivity index (χ1) is 13.7. The van der Waals surface area contributed by atoms with Gasteiger partial charge in [-0.05, 0) is 18.2 Å². The third kappa shape index (κ3) is 4.00. The van der Waals surface area contributed by atoms with Crippen LogP contribution in [-0.2, 0) is 4.79 Å². The Balaban J connectivity index is 2.02. The predicted octanol–water partition coefficient (Wildman–Crippen LogP) is 2.72. The molecule has 0 saturated heterocycles. The molecule has 0 bridgehead atoms. The van der Waals surface area contributed by atoms with Crippen molar-refractivity contribution < 1.29 is 4.79 Å². The Hall–Kier alpha value is -3.57. The topological polar surface area (TPSA) is 118 Å². The van der Waals surface area contributed by atoms with Gasteiger partial charge in [0.15, 0.2) is 11.9 Å². The molecule has 8 nitrogen and oxygen atoms in total. The zero-order chi connectivity index (χ0) is 21.2. The summed E-state index contributed by atoms with van der Waals surface area (Å²) in [4.78, 5) is 25.3. The first kappa shape index (κ1) is 20.2. The van der Waals surface area contributed by atoms with E-state index < -0.39 is 11.9 Å². The van der Waals surface area contributed by atoms with E-state index in [0.29, 0.717) is 17.3 Å². The average molecular weight is 390 g/mol. The standard InChI is InChI=1S/C21H23N7O/c1-13(2)18(19(23)29)28(3,4)21-25-12-15(11-22)20(27-21)26-16-8-7-14-6-5-9-24-17(14)10-16/h5-10,12-13,18H,1-4H3,(H2-,23,24,25,26,27,29)/p+1. The van der Waals surface area contributed by atoms with E-state index >= 15 is 0 Å². The number of hydrogen-bond donors (Lipinski definition) is 2. The molecular weight excluding hydrogens is 366 g/mol. The first-order valence-electron chi connectivity index (χ1n) is 9.26. The summed E-state index contributed by atoms with van der Waals surface area (Å²) in [6.45, 7) is 3.86. The number of carbonyl (C=O) groups excluding carboxylic acids is 1. The number of quaternary nitrogens is 1. The smallest absolute Gasteiger partial charge is 0.331 e. The number of nitrogens with one attached hydrogen (secondary N) is 1. The van der Waals surface area contributed by atoms with Crippen molar-refractivity contribution in [2.45, 2.75) is 19.9 Å². The highest BCUT2D eigenvalue weighted by Crippen LogP contribution is 2.27. The lowest BCUT2D eigenvalue weighted by Crippen LogP contribution is -2.59. The minimum Gasteiger partial charge on any atom is -0.364 e. The van der Waals surface area contributed by atoms with Crippen LogP contribution < -0.4 is 15.5 Å². The van der Waals surface area contributed by atoms with Crippen molar-refractivity contribution in [2.24, 2.45) is 11.7 Å².